The predicted molar refractivity (Wildman–Crippen MR) is 382 cm³/mol. The van der Waals surface area contributed by atoms with Crippen molar-refractivity contribution in [3.05, 3.63) is 275 Å². The lowest BCUT2D eigenvalue weighted by atomic mass is 10.0. The lowest BCUT2D eigenvalue weighted by Crippen LogP contribution is -2.27. The summed E-state index contributed by atoms with van der Waals surface area (Å²) in [6.07, 6.45) is 12.3. The Morgan fingerprint density at radius 2 is 0.806 bits per heavy atom. The van der Waals surface area contributed by atoms with Crippen molar-refractivity contribution in [2.75, 3.05) is 16.0 Å². The molecule has 3 amide bonds. The van der Waals surface area contributed by atoms with Crippen molar-refractivity contribution >= 4 is 74.7 Å². The maximum atomic E-state index is 13.4. The number of carboxylic acids is 1. The molecule has 0 aliphatic rings. The number of aromatic nitrogens is 5. The number of anilines is 3. The molecule has 6 aromatic carbocycles. The number of benzene rings is 6. The number of hydrogen-bond acceptors (Lipinski definition) is 13. The van der Waals surface area contributed by atoms with Gasteiger partial charge in [0.1, 0.15) is 16.8 Å². The number of carbonyl (C=O) groups excluding carboxylic acids is 6. The molecule has 0 unspecified atom stereocenters. The first-order valence-corrected chi connectivity index (χ1v) is 31.7. The predicted octanol–water partition coefficient (Wildman–Crippen LogP) is 17.6. The molecule has 496 valence electrons. The number of H-pyrrole nitrogens is 1. The molecule has 0 saturated carbocycles. The number of aromatic carboxylic acids is 1. The van der Waals surface area contributed by atoms with Gasteiger partial charge >= 0.3 is 24.0 Å². The SMILES string of the molecule is CC(C)(C)OC(=O)c1ccc(-c2cccn2C(=O)OC(C)(C)C)cc1NC(=O)c1cncc(-c2ccccc2)c1.CC(C)(C)OC(=O)c1ccc(Br)cc1NC(=O)c1cncc(-c2ccccc2)c1.O=C(Nc1cc(-c2ccc[nH]2)ccc1C(=O)O)c1cncc(-c2ccccc2)c1. The monoisotopic (exact) mass is 1370 g/mol. The van der Waals surface area contributed by atoms with Crippen molar-refractivity contribution in [2.45, 2.75) is 79.1 Å². The fourth-order valence-electron chi connectivity index (χ4n) is 9.69. The molecule has 98 heavy (non-hydrogen) atoms. The Balaban J connectivity index is 0.000000175. The number of aromatic amines is 1. The molecular weight excluding hydrogens is 1300 g/mol. The average Bonchev–Trinajstić information content (AvgIpc) is 1.35. The number of pyridine rings is 3. The molecular formula is C78H71BrN8O11. The molecule has 0 bridgehead atoms. The van der Waals surface area contributed by atoms with Gasteiger partial charge in [0.2, 0.25) is 0 Å². The van der Waals surface area contributed by atoms with E-state index in [4.69, 9.17) is 14.2 Å². The second-order valence-corrected chi connectivity index (χ2v) is 26.1. The van der Waals surface area contributed by atoms with Gasteiger partial charge < -0.3 is 40.3 Å². The van der Waals surface area contributed by atoms with Crippen LogP contribution >= 0.6 is 15.9 Å². The highest BCUT2D eigenvalue weighted by Crippen LogP contribution is 2.32. The molecule has 5 aromatic heterocycles. The van der Waals surface area contributed by atoms with Crippen LogP contribution in [0.4, 0.5) is 21.9 Å². The zero-order valence-electron chi connectivity index (χ0n) is 55.2. The number of carboxylic acid groups (broad SMARTS) is 1. The number of nitrogens with one attached hydrogen (secondary N) is 4. The van der Waals surface area contributed by atoms with Gasteiger partial charge in [-0.2, -0.15) is 0 Å². The molecule has 5 heterocycles. The number of esters is 2. The van der Waals surface area contributed by atoms with E-state index in [1.54, 1.807) is 172 Å². The van der Waals surface area contributed by atoms with E-state index < -0.39 is 52.6 Å². The van der Waals surface area contributed by atoms with Crippen LogP contribution in [0.25, 0.3) is 55.9 Å². The summed E-state index contributed by atoms with van der Waals surface area (Å²) in [5.74, 6) is -3.45. The Labute approximate surface area is 575 Å². The summed E-state index contributed by atoms with van der Waals surface area (Å²) in [6.45, 7) is 16.1. The highest BCUT2D eigenvalue weighted by Gasteiger charge is 2.26. The van der Waals surface area contributed by atoms with Crippen LogP contribution < -0.4 is 16.0 Å². The Hall–Kier alpha value is -11.9. The summed E-state index contributed by atoms with van der Waals surface area (Å²) < 4.78 is 18.7. The Bertz CT molecular complexity index is 4690. The Morgan fingerprint density at radius 1 is 0.408 bits per heavy atom. The molecule has 0 aliphatic carbocycles. The van der Waals surface area contributed by atoms with E-state index in [0.717, 1.165) is 49.1 Å². The summed E-state index contributed by atoms with van der Waals surface area (Å²) in [6, 6.07) is 56.1. The van der Waals surface area contributed by atoms with E-state index in [9.17, 15) is 38.7 Å². The summed E-state index contributed by atoms with van der Waals surface area (Å²) in [7, 11) is 0. The van der Waals surface area contributed by atoms with Crippen molar-refractivity contribution in [2.24, 2.45) is 0 Å². The molecule has 0 spiro atoms. The quantitative estimate of drug-likeness (QED) is 0.0501. The second kappa shape index (κ2) is 31.1. The molecule has 11 rings (SSSR count). The summed E-state index contributed by atoms with van der Waals surface area (Å²) in [4.78, 5) is 105. The number of hydrogen-bond donors (Lipinski definition) is 5. The van der Waals surface area contributed by atoms with E-state index in [-0.39, 0.29) is 34.0 Å². The van der Waals surface area contributed by atoms with Crippen LogP contribution in [0.2, 0.25) is 0 Å². The van der Waals surface area contributed by atoms with Crippen LogP contribution in [0.5, 0.6) is 0 Å². The molecule has 0 aliphatic heterocycles. The number of ether oxygens (including phenoxy) is 3. The second-order valence-electron chi connectivity index (χ2n) is 25.2. The van der Waals surface area contributed by atoms with Gasteiger partial charge in [-0.05, 0) is 164 Å². The van der Waals surface area contributed by atoms with Crippen molar-refractivity contribution in [3.8, 4) is 55.9 Å². The third kappa shape index (κ3) is 19.4. The molecule has 0 atom stereocenters. The van der Waals surface area contributed by atoms with E-state index in [2.05, 4.69) is 51.8 Å². The molecule has 0 saturated heterocycles. The highest BCUT2D eigenvalue weighted by atomic mass is 79.9. The van der Waals surface area contributed by atoms with Crippen LogP contribution in [-0.2, 0) is 14.2 Å². The first kappa shape index (κ1) is 70.4. The number of amides is 3. The summed E-state index contributed by atoms with van der Waals surface area (Å²) in [5.41, 5.74) is 8.25. The average molecular weight is 1380 g/mol. The first-order valence-electron chi connectivity index (χ1n) is 30.9. The lowest BCUT2D eigenvalue weighted by Gasteiger charge is -2.22. The zero-order valence-corrected chi connectivity index (χ0v) is 56.8. The Kier molecular flexibility index (Phi) is 22.4. The number of halogens is 1. The number of rotatable bonds is 14. The van der Waals surface area contributed by atoms with Crippen LogP contribution in [-0.4, -0.2) is 88.1 Å². The van der Waals surface area contributed by atoms with Gasteiger partial charge in [0, 0.05) is 87.6 Å². The van der Waals surface area contributed by atoms with Crippen molar-refractivity contribution in [1.82, 2.24) is 24.5 Å². The maximum absolute atomic E-state index is 13.4. The van der Waals surface area contributed by atoms with Gasteiger partial charge in [-0.1, -0.05) is 119 Å². The largest absolute Gasteiger partial charge is 0.478 e. The molecule has 20 heteroatoms. The molecule has 19 nitrogen and oxygen atoms in total. The number of carbonyl (C=O) groups is 7. The first-order chi connectivity index (χ1) is 46.6. The van der Waals surface area contributed by atoms with Gasteiger partial charge in [-0.25, -0.2) is 19.2 Å². The fourth-order valence-corrected chi connectivity index (χ4v) is 10.0. The van der Waals surface area contributed by atoms with E-state index in [0.29, 0.717) is 33.6 Å². The van der Waals surface area contributed by atoms with Crippen LogP contribution in [0.15, 0.2) is 242 Å². The van der Waals surface area contributed by atoms with Crippen molar-refractivity contribution < 1.29 is 52.9 Å². The van der Waals surface area contributed by atoms with E-state index in [1.807, 2.05) is 103 Å². The fraction of sp³-hybridized carbons (Fsp3) is 0.154. The molecule has 11 aromatic rings. The zero-order chi connectivity index (χ0) is 70.3. The van der Waals surface area contributed by atoms with Gasteiger partial charge in [0.25, 0.3) is 17.7 Å². The van der Waals surface area contributed by atoms with Gasteiger partial charge in [0.15, 0.2) is 0 Å². The smallest absolute Gasteiger partial charge is 0.418 e. The van der Waals surface area contributed by atoms with Crippen LogP contribution in [0.1, 0.15) is 124 Å². The number of nitrogens with zero attached hydrogens (tertiary/aromatic N) is 4. The van der Waals surface area contributed by atoms with Crippen LogP contribution in [0.3, 0.4) is 0 Å². The standard InChI is InChI=1S/C32H33N3O5.C23H21BrN2O3.C23H17N3O3/c1-31(2,3)39-29(37)25-15-14-22(27-13-10-16-35(27)30(38)40-32(4,5)6)18-26(25)34-28(36)24-17-23(19-33-20-24)21-11-8-7-9-12-21;1-23(2,3)29-22(28)19-10-9-18(24)12-20(19)26-21(27)17-11-16(13-25-14-17)15-7-5-4-6-8-15;27-22(18-11-17(13-24-14-18)15-5-2-1-3-6-15)26-21-12-16(20-7-4-10-25-20)8-9-19(21)23(28)29/h7-20H,1-6H3,(H,34,36);4-14H,1-3H3,(H,26,27);1-14,25H,(H,26,27)(H,28,29). The maximum Gasteiger partial charge on any atom is 0.418 e. The minimum Gasteiger partial charge on any atom is -0.478 e. The third-order valence-corrected chi connectivity index (χ3v) is 14.6. The van der Waals surface area contributed by atoms with Gasteiger partial charge in [-0.3, -0.25) is 33.9 Å². The minimum atomic E-state index is -1.12. The Morgan fingerprint density at radius 3 is 1.22 bits per heavy atom. The summed E-state index contributed by atoms with van der Waals surface area (Å²) >= 11 is 3.38. The molecule has 0 radical (unpaired) electrons. The highest BCUT2D eigenvalue weighted by molar-refractivity contribution is 9.10. The van der Waals surface area contributed by atoms with Crippen LogP contribution in [0, 0.1) is 0 Å². The topological polar surface area (TPSA) is 263 Å². The lowest BCUT2D eigenvalue weighted by molar-refractivity contribution is 0.00580. The third-order valence-electron chi connectivity index (χ3n) is 14.1. The van der Waals surface area contributed by atoms with Gasteiger partial charge in [0.05, 0.1) is 56.1 Å². The normalized spacial score (nSPS) is 11.1. The summed E-state index contributed by atoms with van der Waals surface area (Å²) in [5, 5.41) is 17.9. The van der Waals surface area contributed by atoms with Crippen molar-refractivity contribution in [1.29, 1.82) is 0 Å². The molecule has 5 N–H and O–H groups in total. The van der Waals surface area contributed by atoms with Gasteiger partial charge in [-0.15, -0.1) is 0 Å². The van der Waals surface area contributed by atoms with E-state index >= 15 is 0 Å². The minimum absolute atomic E-state index is 0.0147. The molecule has 0 fully saturated rings. The van der Waals surface area contributed by atoms with Crippen molar-refractivity contribution in [3.63, 3.8) is 0 Å². The van der Waals surface area contributed by atoms with E-state index in [1.165, 1.54) is 29.2 Å².